The van der Waals surface area contributed by atoms with Gasteiger partial charge in [0.1, 0.15) is 5.76 Å². The van der Waals surface area contributed by atoms with E-state index in [2.05, 4.69) is 11.9 Å². The predicted molar refractivity (Wildman–Crippen MR) is 104 cm³/mol. The van der Waals surface area contributed by atoms with Crippen molar-refractivity contribution < 1.29 is 14.7 Å². The Morgan fingerprint density at radius 2 is 1.93 bits per heavy atom. The number of likely N-dealkylation sites (tertiary alicyclic amines) is 1. The highest BCUT2D eigenvalue weighted by Crippen LogP contribution is 2.39. The molecule has 3 rings (SSSR count). The molecule has 1 aliphatic heterocycles. The molecule has 27 heavy (non-hydrogen) atoms. The van der Waals surface area contributed by atoms with E-state index in [1.165, 1.54) is 4.90 Å². The number of carbonyl (C=O) groups is 2. The van der Waals surface area contributed by atoms with Crippen molar-refractivity contribution >= 4 is 29.1 Å². The molecule has 0 spiro atoms. The van der Waals surface area contributed by atoms with Gasteiger partial charge in [-0.2, -0.15) is 0 Å². The van der Waals surface area contributed by atoms with Crippen LogP contribution >= 0.6 is 11.6 Å². The number of pyridine rings is 1. The first-order valence-corrected chi connectivity index (χ1v) is 9.36. The van der Waals surface area contributed by atoms with Crippen LogP contribution < -0.4 is 0 Å². The van der Waals surface area contributed by atoms with E-state index in [-0.39, 0.29) is 11.3 Å². The van der Waals surface area contributed by atoms with Crippen LogP contribution in [0.15, 0.2) is 54.4 Å². The molecule has 1 saturated heterocycles. The van der Waals surface area contributed by atoms with Gasteiger partial charge in [-0.25, -0.2) is 0 Å². The third kappa shape index (κ3) is 3.88. The summed E-state index contributed by atoms with van der Waals surface area (Å²) in [6.07, 6.45) is 6.01. The Labute approximate surface area is 163 Å². The van der Waals surface area contributed by atoms with Crippen LogP contribution in [0.1, 0.15) is 43.4 Å². The lowest BCUT2D eigenvalue weighted by Crippen LogP contribution is -2.30. The normalized spacial score (nSPS) is 18.9. The molecule has 0 aliphatic carbocycles. The highest BCUT2D eigenvalue weighted by atomic mass is 35.5. The van der Waals surface area contributed by atoms with E-state index < -0.39 is 17.7 Å². The Morgan fingerprint density at radius 3 is 2.56 bits per heavy atom. The minimum atomic E-state index is -0.673. The Morgan fingerprint density at radius 1 is 1.19 bits per heavy atom. The molecule has 5 nitrogen and oxygen atoms in total. The van der Waals surface area contributed by atoms with Crippen LogP contribution in [-0.4, -0.2) is 33.2 Å². The van der Waals surface area contributed by atoms with Gasteiger partial charge in [-0.05, 0) is 42.3 Å². The lowest BCUT2D eigenvalue weighted by Gasteiger charge is -2.25. The number of hydrogen-bond acceptors (Lipinski definition) is 4. The second-order valence-corrected chi connectivity index (χ2v) is 6.93. The second-order valence-electron chi connectivity index (χ2n) is 6.49. The molecule has 6 heteroatoms. The highest BCUT2D eigenvalue weighted by molar-refractivity contribution is 6.46. The summed E-state index contributed by atoms with van der Waals surface area (Å²) in [6, 6.07) is 9.44. The first-order chi connectivity index (χ1) is 13.0. The largest absolute Gasteiger partial charge is 0.507 e. The zero-order valence-electron chi connectivity index (χ0n) is 15.1. The number of Topliss-reactive ketones (excluding diaryl/α,β-unsaturated/α-hetero) is 1. The number of rotatable bonds is 6. The van der Waals surface area contributed by atoms with Crippen LogP contribution in [-0.2, 0) is 9.59 Å². The maximum Gasteiger partial charge on any atom is 0.295 e. The molecule has 0 bridgehead atoms. The van der Waals surface area contributed by atoms with E-state index in [1.807, 2.05) is 6.07 Å². The number of aliphatic hydroxyl groups excluding tert-OH is 1. The molecular formula is C21H21ClN2O3. The number of benzene rings is 1. The van der Waals surface area contributed by atoms with Gasteiger partial charge in [0.15, 0.2) is 0 Å². The van der Waals surface area contributed by atoms with Crippen molar-refractivity contribution in [3.8, 4) is 0 Å². The van der Waals surface area contributed by atoms with Crippen molar-refractivity contribution in [3.63, 3.8) is 0 Å². The number of hydrogen-bond donors (Lipinski definition) is 1. The summed E-state index contributed by atoms with van der Waals surface area (Å²) in [7, 11) is 0. The second kappa shape index (κ2) is 8.35. The molecule has 140 valence electrons. The maximum absolute atomic E-state index is 12.8. The molecule has 2 heterocycles. The molecule has 1 atom stereocenters. The number of amides is 1. The van der Waals surface area contributed by atoms with Crippen molar-refractivity contribution in [1.82, 2.24) is 9.88 Å². The fraction of sp³-hybridized carbons (Fsp3) is 0.286. The molecule has 1 fully saturated rings. The number of carbonyl (C=O) groups excluding carboxylic acids is 2. The van der Waals surface area contributed by atoms with Crippen LogP contribution in [0, 0.1) is 0 Å². The molecule has 1 unspecified atom stereocenters. The summed E-state index contributed by atoms with van der Waals surface area (Å²) in [6.45, 7) is 2.53. The van der Waals surface area contributed by atoms with Gasteiger partial charge in [-0.3, -0.25) is 14.6 Å². The molecule has 2 aromatic rings. The Hall–Kier alpha value is -2.66. The summed E-state index contributed by atoms with van der Waals surface area (Å²) < 4.78 is 0. The number of aliphatic hydroxyl groups is 1. The van der Waals surface area contributed by atoms with Gasteiger partial charge in [0.05, 0.1) is 11.6 Å². The van der Waals surface area contributed by atoms with Gasteiger partial charge in [-0.1, -0.05) is 37.4 Å². The van der Waals surface area contributed by atoms with E-state index in [4.69, 9.17) is 11.6 Å². The minimum absolute atomic E-state index is 0.0896. The lowest BCUT2D eigenvalue weighted by atomic mass is 9.96. The molecule has 1 aliphatic rings. The molecule has 1 amide bonds. The van der Waals surface area contributed by atoms with E-state index in [1.54, 1.807) is 42.7 Å². The van der Waals surface area contributed by atoms with Gasteiger partial charge < -0.3 is 10.0 Å². The van der Waals surface area contributed by atoms with Crippen molar-refractivity contribution in [1.29, 1.82) is 0 Å². The molecule has 1 aromatic carbocycles. The van der Waals surface area contributed by atoms with Gasteiger partial charge in [-0.15, -0.1) is 0 Å². The Kier molecular flexibility index (Phi) is 5.91. The molecule has 1 N–H and O–H groups in total. The molecule has 0 saturated carbocycles. The summed E-state index contributed by atoms with van der Waals surface area (Å²) >= 11 is 5.91. The summed E-state index contributed by atoms with van der Waals surface area (Å²) in [5.41, 5.74) is 1.23. The van der Waals surface area contributed by atoms with Crippen LogP contribution in [0.2, 0.25) is 5.02 Å². The van der Waals surface area contributed by atoms with Crippen molar-refractivity contribution in [2.45, 2.75) is 32.2 Å². The first kappa shape index (κ1) is 19.1. The van der Waals surface area contributed by atoms with Gasteiger partial charge in [0, 0.05) is 29.5 Å². The zero-order valence-corrected chi connectivity index (χ0v) is 15.8. The first-order valence-electron chi connectivity index (χ1n) is 8.99. The third-order valence-electron chi connectivity index (χ3n) is 4.66. The Bertz CT molecular complexity index is 863. The number of nitrogens with zero attached hydrogens (tertiary/aromatic N) is 2. The van der Waals surface area contributed by atoms with Crippen molar-refractivity contribution in [2.75, 3.05) is 6.54 Å². The standard InChI is InChI=1S/C21H21ClN2O3/c1-2-3-4-12-24-18(15-6-5-11-23-13-15)17(20(26)21(24)27)19(25)14-7-9-16(22)10-8-14/h5-11,13,18,25H,2-4,12H2,1H3/b19-17-. The average molecular weight is 385 g/mol. The Balaban J connectivity index is 2.09. The summed E-state index contributed by atoms with van der Waals surface area (Å²) in [5, 5.41) is 11.4. The fourth-order valence-corrected chi connectivity index (χ4v) is 3.42. The maximum atomic E-state index is 12.8. The molecule has 0 radical (unpaired) electrons. The zero-order chi connectivity index (χ0) is 19.4. The fourth-order valence-electron chi connectivity index (χ4n) is 3.29. The summed E-state index contributed by atoms with van der Waals surface area (Å²) in [4.78, 5) is 31.1. The van der Waals surface area contributed by atoms with Crippen molar-refractivity contribution in [2.24, 2.45) is 0 Å². The van der Waals surface area contributed by atoms with Crippen LogP contribution in [0.5, 0.6) is 0 Å². The minimum Gasteiger partial charge on any atom is -0.507 e. The summed E-state index contributed by atoms with van der Waals surface area (Å²) in [5.74, 6) is -1.46. The topological polar surface area (TPSA) is 70.5 Å². The predicted octanol–water partition coefficient (Wildman–Crippen LogP) is 4.35. The SMILES string of the molecule is CCCCCN1C(=O)C(=O)/C(=C(\O)c2ccc(Cl)cc2)C1c1cccnc1. The lowest BCUT2D eigenvalue weighted by molar-refractivity contribution is -0.139. The quantitative estimate of drug-likeness (QED) is 0.348. The highest BCUT2D eigenvalue weighted by Gasteiger charge is 2.45. The monoisotopic (exact) mass is 384 g/mol. The number of aromatic nitrogens is 1. The third-order valence-corrected chi connectivity index (χ3v) is 4.91. The number of ketones is 1. The smallest absolute Gasteiger partial charge is 0.295 e. The van der Waals surface area contributed by atoms with Gasteiger partial charge in [0.2, 0.25) is 0 Å². The van der Waals surface area contributed by atoms with E-state index in [0.717, 1.165) is 19.3 Å². The van der Waals surface area contributed by atoms with Crippen molar-refractivity contribution in [3.05, 3.63) is 70.5 Å². The van der Waals surface area contributed by atoms with Gasteiger partial charge in [0.25, 0.3) is 11.7 Å². The van der Waals surface area contributed by atoms with E-state index in [0.29, 0.717) is 22.7 Å². The molecular weight excluding hydrogens is 364 g/mol. The van der Waals surface area contributed by atoms with Gasteiger partial charge >= 0.3 is 0 Å². The van der Waals surface area contributed by atoms with E-state index >= 15 is 0 Å². The average Bonchev–Trinajstić information content (AvgIpc) is 2.94. The molecule has 1 aromatic heterocycles. The number of unbranched alkanes of at least 4 members (excludes halogenated alkanes) is 2. The van der Waals surface area contributed by atoms with E-state index in [9.17, 15) is 14.7 Å². The van der Waals surface area contributed by atoms with Crippen LogP contribution in [0.3, 0.4) is 0 Å². The van der Waals surface area contributed by atoms with Crippen LogP contribution in [0.4, 0.5) is 0 Å². The van der Waals surface area contributed by atoms with Crippen LogP contribution in [0.25, 0.3) is 5.76 Å². The number of halogens is 1.